The molecule has 4 heterocycles. The van der Waals surface area contributed by atoms with E-state index in [1.54, 1.807) is 31.8 Å². The molecule has 7 heteroatoms. The van der Waals surface area contributed by atoms with Crippen molar-refractivity contribution in [3.05, 3.63) is 79.1 Å². The Balaban J connectivity index is 1.72. The number of benzene rings is 1. The van der Waals surface area contributed by atoms with Gasteiger partial charge in [0.25, 0.3) is 0 Å². The standard InChI is InChI=1S/C23H16FN5O/c1-30-16-6-4-14(5-7-16)22-27-20-11-18(17-8-10-26-13-19(17)24)21(28-23(20)29-22)15-3-2-9-25-12-15/h2-13H,1H3,(H,27,28,29). The van der Waals surface area contributed by atoms with Crippen LogP contribution >= 0.6 is 0 Å². The summed E-state index contributed by atoms with van der Waals surface area (Å²) in [5.74, 6) is 1.02. The van der Waals surface area contributed by atoms with E-state index >= 15 is 0 Å². The zero-order valence-corrected chi connectivity index (χ0v) is 16.0. The second-order valence-electron chi connectivity index (χ2n) is 6.67. The lowest BCUT2D eigenvalue weighted by molar-refractivity contribution is 0.415. The lowest BCUT2D eigenvalue weighted by Gasteiger charge is -2.09. The van der Waals surface area contributed by atoms with E-state index in [1.807, 2.05) is 42.5 Å². The van der Waals surface area contributed by atoms with Gasteiger partial charge in [-0.15, -0.1) is 0 Å². The molecule has 0 saturated heterocycles. The van der Waals surface area contributed by atoms with Crippen LogP contribution < -0.4 is 4.74 Å². The van der Waals surface area contributed by atoms with Crippen molar-refractivity contribution in [2.24, 2.45) is 0 Å². The van der Waals surface area contributed by atoms with Gasteiger partial charge in [0.1, 0.15) is 17.4 Å². The summed E-state index contributed by atoms with van der Waals surface area (Å²) in [5.41, 5.74) is 4.58. The number of fused-ring (bicyclic) bond motifs is 1. The molecule has 0 saturated carbocycles. The Labute approximate surface area is 171 Å². The van der Waals surface area contributed by atoms with Gasteiger partial charge in [-0.25, -0.2) is 14.4 Å². The minimum atomic E-state index is -0.418. The number of methoxy groups -OCH3 is 1. The molecule has 0 aliphatic carbocycles. The van der Waals surface area contributed by atoms with Crippen molar-refractivity contribution in [3.8, 4) is 39.5 Å². The number of imidazole rings is 1. The Kier molecular flexibility index (Phi) is 4.40. The second-order valence-corrected chi connectivity index (χ2v) is 6.67. The molecule has 0 aliphatic rings. The van der Waals surface area contributed by atoms with Gasteiger partial charge in [-0.1, -0.05) is 0 Å². The third-order valence-electron chi connectivity index (χ3n) is 4.83. The maximum Gasteiger partial charge on any atom is 0.178 e. The van der Waals surface area contributed by atoms with Gasteiger partial charge in [-0.05, 0) is 48.5 Å². The van der Waals surface area contributed by atoms with Crippen LogP contribution in [0.4, 0.5) is 4.39 Å². The number of halogens is 1. The Hall–Kier alpha value is -4.13. The topological polar surface area (TPSA) is 76.6 Å². The molecular formula is C23H16FN5O. The number of rotatable bonds is 4. The summed E-state index contributed by atoms with van der Waals surface area (Å²) in [6.07, 6.45) is 6.15. The second kappa shape index (κ2) is 7.36. The monoisotopic (exact) mass is 397 g/mol. The van der Waals surface area contributed by atoms with Crippen molar-refractivity contribution in [2.45, 2.75) is 0 Å². The maximum atomic E-state index is 14.6. The Bertz CT molecular complexity index is 1330. The molecule has 0 amide bonds. The molecule has 5 aromatic rings. The maximum absolute atomic E-state index is 14.6. The smallest absolute Gasteiger partial charge is 0.178 e. The molecule has 146 valence electrons. The van der Waals surface area contributed by atoms with E-state index in [0.29, 0.717) is 33.8 Å². The predicted molar refractivity (Wildman–Crippen MR) is 112 cm³/mol. The molecule has 0 radical (unpaired) electrons. The van der Waals surface area contributed by atoms with Crippen molar-refractivity contribution in [2.75, 3.05) is 7.11 Å². The summed E-state index contributed by atoms with van der Waals surface area (Å²) in [6.45, 7) is 0. The van der Waals surface area contributed by atoms with E-state index in [2.05, 4.69) is 19.9 Å². The highest BCUT2D eigenvalue weighted by Gasteiger charge is 2.17. The van der Waals surface area contributed by atoms with Crippen LogP contribution in [0.2, 0.25) is 0 Å². The van der Waals surface area contributed by atoms with Gasteiger partial charge in [-0.2, -0.15) is 0 Å². The van der Waals surface area contributed by atoms with Gasteiger partial charge in [0.2, 0.25) is 0 Å². The average Bonchev–Trinajstić information content (AvgIpc) is 3.22. The highest BCUT2D eigenvalue weighted by atomic mass is 19.1. The van der Waals surface area contributed by atoms with Crippen LogP contribution in [0.25, 0.3) is 44.9 Å². The summed E-state index contributed by atoms with van der Waals surface area (Å²) in [7, 11) is 1.62. The SMILES string of the molecule is COc1ccc(-c2nc3nc(-c4cccnc4)c(-c4ccncc4F)cc3[nH]2)cc1. The minimum absolute atomic E-state index is 0.416. The number of H-pyrrole nitrogens is 1. The number of nitrogens with one attached hydrogen (secondary N) is 1. The Morgan fingerprint density at radius 1 is 0.867 bits per heavy atom. The quantitative estimate of drug-likeness (QED) is 0.467. The summed E-state index contributed by atoms with van der Waals surface area (Å²) < 4.78 is 19.8. The molecule has 0 aliphatic heterocycles. The van der Waals surface area contributed by atoms with E-state index in [1.165, 1.54) is 6.20 Å². The zero-order chi connectivity index (χ0) is 20.5. The summed E-state index contributed by atoms with van der Waals surface area (Å²) in [6, 6.07) is 14.8. The number of aromatic amines is 1. The first kappa shape index (κ1) is 17.9. The van der Waals surface area contributed by atoms with E-state index < -0.39 is 5.82 Å². The van der Waals surface area contributed by atoms with Crippen molar-refractivity contribution in [3.63, 3.8) is 0 Å². The van der Waals surface area contributed by atoms with Gasteiger partial charge in [0, 0.05) is 40.8 Å². The zero-order valence-electron chi connectivity index (χ0n) is 16.0. The normalized spacial score (nSPS) is 11.0. The molecule has 0 bridgehead atoms. The predicted octanol–water partition coefficient (Wildman–Crippen LogP) is 4.90. The van der Waals surface area contributed by atoms with Gasteiger partial charge < -0.3 is 9.72 Å². The fourth-order valence-electron chi connectivity index (χ4n) is 3.35. The average molecular weight is 397 g/mol. The summed E-state index contributed by atoms with van der Waals surface area (Å²) in [5, 5.41) is 0. The van der Waals surface area contributed by atoms with Crippen LogP contribution in [0.5, 0.6) is 5.75 Å². The molecule has 30 heavy (non-hydrogen) atoms. The number of ether oxygens (including phenoxy) is 1. The Morgan fingerprint density at radius 3 is 2.43 bits per heavy atom. The van der Waals surface area contributed by atoms with Crippen molar-refractivity contribution < 1.29 is 9.13 Å². The van der Waals surface area contributed by atoms with Crippen LogP contribution in [0.15, 0.2) is 73.3 Å². The van der Waals surface area contributed by atoms with Crippen molar-refractivity contribution in [1.82, 2.24) is 24.9 Å². The lowest BCUT2D eigenvalue weighted by Crippen LogP contribution is -1.94. The van der Waals surface area contributed by atoms with E-state index in [4.69, 9.17) is 9.72 Å². The molecule has 0 spiro atoms. The van der Waals surface area contributed by atoms with Crippen LogP contribution in [0, 0.1) is 5.82 Å². The first-order valence-corrected chi connectivity index (χ1v) is 9.28. The van der Waals surface area contributed by atoms with Crippen molar-refractivity contribution in [1.29, 1.82) is 0 Å². The summed E-state index contributed by atoms with van der Waals surface area (Å²) >= 11 is 0. The molecule has 1 aromatic carbocycles. The van der Waals surface area contributed by atoms with E-state index in [-0.39, 0.29) is 0 Å². The van der Waals surface area contributed by atoms with Crippen LogP contribution in [-0.4, -0.2) is 32.0 Å². The fraction of sp³-hybridized carbons (Fsp3) is 0.0435. The number of hydrogen-bond donors (Lipinski definition) is 1. The molecule has 4 aromatic heterocycles. The first-order valence-electron chi connectivity index (χ1n) is 9.28. The molecule has 0 atom stereocenters. The van der Waals surface area contributed by atoms with E-state index in [9.17, 15) is 4.39 Å². The number of pyridine rings is 3. The first-order chi connectivity index (χ1) is 14.7. The fourth-order valence-corrected chi connectivity index (χ4v) is 3.35. The minimum Gasteiger partial charge on any atom is -0.497 e. The highest BCUT2D eigenvalue weighted by Crippen LogP contribution is 2.34. The van der Waals surface area contributed by atoms with Crippen LogP contribution in [0.1, 0.15) is 0 Å². The highest BCUT2D eigenvalue weighted by molar-refractivity contribution is 5.89. The van der Waals surface area contributed by atoms with E-state index in [0.717, 1.165) is 16.9 Å². The molecular weight excluding hydrogens is 381 g/mol. The van der Waals surface area contributed by atoms with Gasteiger partial charge >= 0.3 is 0 Å². The lowest BCUT2D eigenvalue weighted by atomic mass is 10.0. The number of aromatic nitrogens is 5. The molecule has 0 unspecified atom stereocenters. The molecule has 1 N–H and O–H groups in total. The molecule has 6 nitrogen and oxygen atoms in total. The van der Waals surface area contributed by atoms with Crippen LogP contribution in [0.3, 0.4) is 0 Å². The number of hydrogen-bond acceptors (Lipinski definition) is 5. The largest absolute Gasteiger partial charge is 0.497 e. The van der Waals surface area contributed by atoms with Gasteiger partial charge in [0.05, 0.1) is 24.5 Å². The van der Waals surface area contributed by atoms with Gasteiger partial charge in [-0.3, -0.25) is 9.97 Å². The van der Waals surface area contributed by atoms with Gasteiger partial charge in [0.15, 0.2) is 5.65 Å². The Morgan fingerprint density at radius 2 is 1.70 bits per heavy atom. The van der Waals surface area contributed by atoms with Crippen LogP contribution in [-0.2, 0) is 0 Å². The van der Waals surface area contributed by atoms with Crippen molar-refractivity contribution >= 4 is 11.2 Å². The summed E-state index contributed by atoms with van der Waals surface area (Å²) in [4.78, 5) is 20.7. The molecule has 0 fully saturated rings. The third kappa shape index (κ3) is 3.16. The third-order valence-corrected chi connectivity index (χ3v) is 4.83. The molecule has 5 rings (SSSR count). The number of nitrogens with zero attached hydrogens (tertiary/aromatic N) is 4.